The quantitative estimate of drug-likeness (QED) is 0.423. The monoisotopic (exact) mass is 360 g/mol. The second kappa shape index (κ2) is 8.53. The Balaban J connectivity index is 2.40. The number of carbonyl (C=O) groups is 2. The van der Waals surface area contributed by atoms with Crippen molar-refractivity contribution in [3.8, 4) is 0 Å². The van der Waals surface area contributed by atoms with Gasteiger partial charge >= 0.3 is 11.9 Å². The lowest BCUT2D eigenvalue weighted by Crippen LogP contribution is -2.07. The molecule has 2 rings (SSSR count). The summed E-state index contributed by atoms with van der Waals surface area (Å²) in [4.78, 5) is 23.3. The maximum absolute atomic E-state index is 11.7. The number of allylic oxidation sites excluding steroid dienone is 1. The topological polar surface area (TPSA) is 92.3 Å². The third kappa shape index (κ3) is 4.11. The van der Waals surface area contributed by atoms with Gasteiger partial charge in [-0.2, -0.15) is 5.10 Å². The molecule has 1 heterocycles. The molecule has 0 spiro atoms. The minimum atomic E-state index is -1.03. The second-order valence-corrected chi connectivity index (χ2v) is 6.40. The summed E-state index contributed by atoms with van der Waals surface area (Å²) >= 11 is 1.43. The molecule has 0 saturated heterocycles. The molecule has 1 unspecified atom stereocenters. The molecule has 1 aromatic carbocycles. The van der Waals surface area contributed by atoms with Gasteiger partial charge in [0.1, 0.15) is 10.6 Å². The zero-order valence-corrected chi connectivity index (χ0v) is 14.9. The number of esters is 1. The normalized spacial score (nSPS) is 11.8. The van der Waals surface area contributed by atoms with Crippen molar-refractivity contribution in [2.45, 2.75) is 24.3 Å². The first kappa shape index (κ1) is 18.8. The van der Waals surface area contributed by atoms with Crippen LogP contribution >= 0.6 is 11.8 Å². The van der Waals surface area contributed by atoms with Gasteiger partial charge in [0.2, 0.25) is 0 Å². The van der Waals surface area contributed by atoms with Crippen LogP contribution in [0.5, 0.6) is 0 Å². The molecule has 6 nitrogen and oxygen atoms in total. The molecule has 0 radical (unpaired) electrons. The Hall–Kier alpha value is -2.54. The van der Waals surface area contributed by atoms with E-state index in [0.717, 1.165) is 17.7 Å². The summed E-state index contributed by atoms with van der Waals surface area (Å²) in [6, 6.07) is 6.77. The van der Waals surface area contributed by atoms with Gasteiger partial charge in [0.05, 0.1) is 18.4 Å². The Morgan fingerprint density at radius 2 is 2.08 bits per heavy atom. The van der Waals surface area contributed by atoms with Crippen LogP contribution in [0.1, 0.15) is 51.2 Å². The van der Waals surface area contributed by atoms with E-state index in [1.807, 2.05) is 6.92 Å². The van der Waals surface area contributed by atoms with E-state index in [2.05, 4.69) is 21.5 Å². The maximum atomic E-state index is 11.7. The van der Waals surface area contributed by atoms with Gasteiger partial charge in [0.15, 0.2) is 0 Å². The molecule has 1 aromatic heterocycles. The number of rotatable bonds is 8. The SMILES string of the molecule is C=CC(c1ccc(C(=O)OC)cc1)c1n[nH]c(SCCC)c1C(=O)O. The Kier molecular flexibility index (Phi) is 6.41. The van der Waals surface area contributed by atoms with Crippen LogP contribution in [-0.4, -0.2) is 40.1 Å². The van der Waals surface area contributed by atoms with Crippen LogP contribution in [0.3, 0.4) is 0 Å². The molecular weight excluding hydrogens is 340 g/mol. The van der Waals surface area contributed by atoms with Crippen LogP contribution in [-0.2, 0) is 4.74 Å². The van der Waals surface area contributed by atoms with E-state index in [9.17, 15) is 14.7 Å². The van der Waals surface area contributed by atoms with Crippen molar-refractivity contribution in [3.05, 3.63) is 59.3 Å². The first-order valence-electron chi connectivity index (χ1n) is 7.78. The van der Waals surface area contributed by atoms with Crippen molar-refractivity contribution >= 4 is 23.7 Å². The second-order valence-electron chi connectivity index (χ2n) is 5.29. The number of benzene rings is 1. The molecule has 0 amide bonds. The molecule has 0 fully saturated rings. The third-order valence-corrected chi connectivity index (χ3v) is 4.84. The number of nitrogens with zero attached hydrogens (tertiary/aromatic N) is 1. The van der Waals surface area contributed by atoms with E-state index >= 15 is 0 Å². The number of carboxylic acids is 1. The van der Waals surface area contributed by atoms with Gasteiger partial charge in [-0.25, -0.2) is 9.59 Å². The number of hydrogen-bond acceptors (Lipinski definition) is 5. The summed E-state index contributed by atoms with van der Waals surface area (Å²) in [5.74, 6) is -1.05. The number of aromatic nitrogens is 2. The summed E-state index contributed by atoms with van der Waals surface area (Å²) < 4.78 is 4.68. The van der Waals surface area contributed by atoms with Crippen molar-refractivity contribution in [1.82, 2.24) is 10.2 Å². The number of carbonyl (C=O) groups excluding carboxylic acids is 1. The number of ether oxygens (including phenoxy) is 1. The van der Waals surface area contributed by atoms with Crippen LogP contribution in [0.25, 0.3) is 0 Å². The highest BCUT2D eigenvalue weighted by Crippen LogP contribution is 2.32. The number of H-pyrrole nitrogens is 1. The van der Waals surface area contributed by atoms with E-state index in [4.69, 9.17) is 0 Å². The molecule has 1 atom stereocenters. The van der Waals surface area contributed by atoms with Crippen molar-refractivity contribution < 1.29 is 19.4 Å². The molecule has 0 aliphatic carbocycles. The first-order valence-corrected chi connectivity index (χ1v) is 8.77. The zero-order chi connectivity index (χ0) is 18.4. The van der Waals surface area contributed by atoms with Gasteiger partial charge in [0, 0.05) is 5.92 Å². The molecule has 132 valence electrons. The summed E-state index contributed by atoms with van der Waals surface area (Å²) in [7, 11) is 1.32. The molecule has 2 aromatic rings. The van der Waals surface area contributed by atoms with E-state index in [-0.39, 0.29) is 5.56 Å². The fourth-order valence-electron chi connectivity index (χ4n) is 2.43. The van der Waals surface area contributed by atoms with Crippen molar-refractivity contribution in [1.29, 1.82) is 0 Å². The van der Waals surface area contributed by atoms with Crippen LogP contribution in [0, 0.1) is 0 Å². The van der Waals surface area contributed by atoms with E-state index in [1.54, 1.807) is 30.3 Å². The largest absolute Gasteiger partial charge is 0.478 e. The number of thioether (sulfide) groups is 1. The molecule has 0 bridgehead atoms. The van der Waals surface area contributed by atoms with Crippen LogP contribution in [0.4, 0.5) is 0 Å². The molecule has 2 N–H and O–H groups in total. The van der Waals surface area contributed by atoms with Crippen molar-refractivity contribution in [3.63, 3.8) is 0 Å². The van der Waals surface area contributed by atoms with Crippen molar-refractivity contribution in [2.24, 2.45) is 0 Å². The Morgan fingerprint density at radius 3 is 2.60 bits per heavy atom. The average Bonchev–Trinajstić information content (AvgIpc) is 3.04. The predicted octanol–water partition coefficient (Wildman–Crippen LogP) is 3.71. The zero-order valence-electron chi connectivity index (χ0n) is 14.1. The Bertz CT molecular complexity index is 768. The van der Waals surface area contributed by atoms with Gasteiger partial charge in [-0.1, -0.05) is 25.1 Å². The summed E-state index contributed by atoms with van der Waals surface area (Å²) in [6.45, 7) is 5.84. The molecule has 25 heavy (non-hydrogen) atoms. The van der Waals surface area contributed by atoms with Gasteiger partial charge in [-0.3, -0.25) is 5.10 Å². The van der Waals surface area contributed by atoms with E-state index in [0.29, 0.717) is 16.3 Å². The lowest BCUT2D eigenvalue weighted by Gasteiger charge is -2.12. The predicted molar refractivity (Wildman–Crippen MR) is 96.4 cm³/mol. The lowest BCUT2D eigenvalue weighted by molar-refractivity contribution is 0.0599. The van der Waals surface area contributed by atoms with E-state index < -0.39 is 17.9 Å². The number of methoxy groups -OCH3 is 1. The van der Waals surface area contributed by atoms with Gasteiger partial charge in [-0.15, -0.1) is 18.3 Å². The first-order chi connectivity index (χ1) is 12.0. The van der Waals surface area contributed by atoms with Gasteiger partial charge < -0.3 is 9.84 Å². The van der Waals surface area contributed by atoms with Crippen LogP contribution < -0.4 is 0 Å². The number of aromatic amines is 1. The minimum absolute atomic E-state index is 0.167. The number of nitrogens with one attached hydrogen (secondary N) is 1. The number of aromatic carboxylic acids is 1. The van der Waals surface area contributed by atoms with E-state index in [1.165, 1.54) is 18.9 Å². The van der Waals surface area contributed by atoms with Gasteiger partial charge in [0.25, 0.3) is 0 Å². The third-order valence-electron chi connectivity index (χ3n) is 3.65. The smallest absolute Gasteiger partial charge is 0.340 e. The Morgan fingerprint density at radius 1 is 1.40 bits per heavy atom. The fourth-order valence-corrected chi connectivity index (χ4v) is 3.28. The molecule has 0 aliphatic heterocycles. The van der Waals surface area contributed by atoms with Crippen molar-refractivity contribution in [2.75, 3.05) is 12.9 Å². The number of carboxylic acid groups (broad SMARTS) is 1. The number of hydrogen-bond donors (Lipinski definition) is 2. The van der Waals surface area contributed by atoms with Gasteiger partial charge in [-0.05, 0) is 29.9 Å². The minimum Gasteiger partial charge on any atom is -0.478 e. The lowest BCUT2D eigenvalue weighted by atomic mass is 9.93. The fraction of sp³-hybridized carbons (Fsp3) is 0.278. The Labute approximate surface area is 150 Å². The highest BCUT2D eigenvalue weighted by Gasteiger charge is 2.26. The molecule has 0 aliphatic rings. The van der Waals surface area contributed by atoms with Crippen LogP contribution in [0.2, 0.25) is 0 Å². The molecule has 0 saturated carbocycles. The maximum Gasteiger partial charge on any atom is 0.340 e. The highest BCUT2D eigenvalue weighted by molar-refractivity contribution is 7.99. The highest BCUT2D eigenvalue weighted by atomic mass is 32.2. The summed E-state index contributed by atoms with van der Waals surface area (Å²) in [5, 5.41) is 17.2. The summed E-state index contributed by atoms with van der Waals surface area (Å²) in [5.41, 5.74) is 1.80. The standard InChI is InChI=1S/C18H20N2O4S/c1-4-10-25-16-14(17(21)22)15(19-20-16)13(5-2)11-6-8-12(9-7-11)18(23)24-3/h5-9,13H,2,4,10H2,1,3H3,(H,19,20)(H,21,22). The summed E-state index contributed by atoms with van der Waals surface area (Å²) in [6.07, 6.45) is 2.57. The molecular formula is C18H20N2O4S. The molecule has 7 heteroatoms. The average molecular weight is 360 g/mol. The van der Waals surface area contributed by atoms with Crippen LogP contribution in [0.15, 0.2) is 41.9 Å².